The molecule has 7 heteroatoms. The first-order valence-corrected chi connectivity index (χ1v) is 9.91. The van der Waals surface area contributed by atoms with Gasteiger partial charge in [-0.25, -0.2) is 8.42 Å². The average Bonchev–Trinajstić information content (AvgIpc) is 2.99. The van der Waals surface area contributed by atoms with Gasteiger partial charge in [0.05, 0.1) is 15.9 Å². The van der Waals surface area contributed by atoms with Crippen molar-refractivity contribution in [2.75, 3.05) is 6.54 Å². The van der Waals surface area contributed by atoms with E-state index in [4.69, 9.17) is 6.42 Å². The van der Waals surface area contributed by atoms with E-state index < -0.39 is 27.2 Å². The Bertz CT molecular complexity index is 1070. The number of rotatable bonds is 3. The summed E-state index contributed by atoms with van der Waals surface area (Å²) in [6.45, 7) is 5.73. The summed E-state index contributed by atoms with van der Waals surface area (Å²) >= 11 is 0. The quantitative estimate of drug-likeness (QED) is 0.706. The monoisotopic (exact) mass is 405 g/mol. The summed E-state index contributed by atoms with van der Waals surface area (Å²) in [5.74, 6) is 2.51. The molecule has 1 unspecified atom stereocenters. The Morgan fingerprint density at radius 3 is 2.39 bits per heavy atom. The fourth-order valence-corrected chi connectivity index (χ4v) is 4.89. The summed E-state index contributed by atoms with van der Waals surface area (Å²) in [6.07, 6.45) is 1.32. The lowest BCUT2D eigenvalue weighted by atomic mass is 9.78. The zero-order valence-corrected chi connectivity index (χ0v) is 15.9. The van der Waals surface area contributed by atoms with Gasteiger partial charge in [0, 0.05) is 12.2 Å². The normalized spacial score (nSPS) is 20.2. The van der Waals surface area contributed by atoms with Crippen LogP contribution >= 0.6 is 0 Å². The number of allylic oxidation sites excluding steroid dienone is 1. The number of aryl methyl sites for hydroxylation is 1. The van der Waals surface area contributed by atoms with Crippen molar-refractivity contribution in [2.24, 2.45) is 0 Å². The number of halogens is 3. The maximum atomic E-state index is 13.1. The third-order valence-corrected chi connectivity index (χ3v) is 6.87. The Labute approximate surface area is 162 Å². The maximum Gasteiger partial charge on any atom is 0.416 e. The van der Waals surface area contributed by atoms with E-state index in [1.54, 1.807) is 12.1 Å². The summed E-state index contributed by atoms with van der Waals surface area (Å²) in [6, 6.07) is 11.0. The van der Waals surface area contributed by atoms with Crippen LogP contribution in [0.4, 0.5) is 13.2 Å². The molecule has 2 aromatic rings. The third kappa shape index (κ3) is 3.18. The predicted molar refractivity (Wildman–Crippen MR) is 101 cm³/mol. The molecule has 1 saturated heterocycles. The Morgan fingerprint density at radius 2 is 1.82 bits per heavy atom. The van der Waals surface area contributed by atoms with E-state index in [9.17, 15) is 21.6 Å². The van der Waals surface area contributed by atoms with Crippen molar-refractivity contribution >= 4 is 10.0 Å². The van der Waals surface area contributed by atoms with Gasteiger partial charge in [0.2, 0.25) is 0 Å². The van der Waals surface area contributed by atoms with Crippen LogP contribution in [0.1, 0.15) is 23.1 Å². The molecule has 3 rings (SSSR count). The van der Waals surface area contributed by atoms with E-state index in [2.05, 4.69) is 12.5 Å². The molecule has 1 heterocycles. The van der Waals surface area contributed by atoms with Crippen LogP contribution in [0.5, 0.6) is 0 Å². The average molecular weight is 405 g/mol. The molecule has 0 bridgehead atoms. The molecule has 28 heavy (non-hydrogen) atoms. The standard InChI is InChI=1S/C21H18F3NO2S/c1-4-20(17-6-5-7-18(14-17)21(22,23)24)12-13-25(16(20)3)28(26,27)19-10-8-15(2)9-11-19/h1,5-11,14H,3,12-13H2,2H3. The van der Waals surface area contributed by atoms with Crippen molar-refractivity contribution in [1.82, 2.24) is 4.31 Å². The second-order valence-electron chi connectivity index (χ2n) is 6.72. The van der Waals surface area contributed by atoms with Crippen LogP contribution in [0, 0.1) is 19.3 Å². The molecule has 0 spiro atoms. The van der Waals surface area contributed by atoms with Gasteiger partial charge in [0.15, 0.2) is 0 Å². The first-order valence-electron chi connectivity index (χ1n) is 8.47. The molecular formula is C21H18F3NO2S. The van der Waals surface area contributed by atoms with E-state index in [0.717, 1.165) is 22.0 Å². The Kier molecular flexibility index (Phi) is 4.80. The first kappa shape index (κ1) is 20.0. The lowest BCUT2D eigenvalue weighted by Gasteiger charge is -2.28. The highest BCUT2D eigenvalue weighted by atomic mass is 32.2. The van der Waals surface area contributed by atoms with Crippen LogP contribution in [0.25, 0.3) is 0 Å². The van der Waals surface area contributed by atoms with Gasteiger partial charge in [0.25, 0.3) is 10.0 Å². The number of terminal acetylenes is 1. The number of hydrogen-bond acceptors (Lipinski definition) is 2. The van der Waals surface area contributed by atoms with Crippen LogP contribution in [0.15, 0.2) is 65.7 Å². The molecule has 1 aliphatic heterocycles. The third-order valence-electron chi connectivity index (χ3n) is 5.02. The molecule has 3 nitrogen and oxygen atoms in total. The molecule has 1 aliphatic rings. The van der Waals surface area contributed by atoms with Crippen molar-refractivity contribution in [3.05, 3.63) is 77.5 Å². The number of benzene rings is 2. The molecule has 0 radical (unpaired) electrons. The summed E-state index contributed by atoms with van der Waals surface area (Å²) in [4.78, 5) is 0.0797. The smallest absolute Gasteiger partial charge is 0.269 e. The lowest BCUT2D eigenvalue weighted by molar-refractivity contribution is -0.137. The zero-order chi connectivity index (χ0) is 20.7. The minimum Gasteiger partial charge on any atom is -0.269 e. The first-order chi connectivity index (χ1) is 13.0. The van der Waals surface area contributed by atoms with Crippen LogP contribution in [0.2, 0.25) is 0 Å². The lowest BCUT2D eigenvalue weighted by Crippen LogP contribution is -2.31. The van der Waals surface area contributed by atoms with Gasteiger partial charge < -0.3 is 0 Å². The van der Waals surface area contributed by atoms with Crippen molar-refractivity contribution < 1.29 is 21.6 Å². The van der Waals surface area contributed by atoms with Gasteiger partial charge in [-0.15, -0.1) is 6.42 Å². The number of hydrogen-bond donors (Lipinski definition) is 0. The van der Waals surface area contributed by atoms with Crippen LogP contribution in [0.3, 0.4) is 0 Å². The highest BCUT2D eigenvalue weighted by Crippen LogP contribution is 2.45. The minimum atomic E-state index is -4.53. The molecule has 1 atom stereocenters. The van der Waals surface area contributed by atoms with Crippen LogP contribution < -0.4 is 0 Å². The van der Waals surface area contributed by atoms with E-state index in [0.29, 0.717) is 0 Å². The summed E-state index contributed by atoms with van der Waals surface area (Å²) < 4.78 is 66.5. The molecule has 0 aliphatic carbocycles. The van der Waals surface area contributed by atoms with Crippen molar-refractivity contribution in [1.29, 1.82) is 0 Å². The van der Waals surface area contributed by atoms with Crippen molar-refractivity contribution in [3.8, 4) is 12.3 Å². The largest absolute Gasteiger partial charge is 0.416 e. The molecule has 0 N–H and O–H groups in total. The predicted octanol–water partition coefficient (Wildman–Crippen LogP) is 4.49. The van der Waals surface area contributed by atoms with E-state index >= 15 is 0 Å². The summed E-state index contributed by atoms with van der Waals surface area (Å²) in [7, 11) is -3.92. The number of nitrogens with zero attached hydrogens (tertiary/aromatic N) is 1. The summed E-state index contributed by atoms with van der Waals surface area (Å²) in [5.41, 5.74) is -0.973. The number of sulfonamides is 1. The van der Waals surface area contributed by atoms with Gasteiger partial charge in [-0.3, -0.25) is 4.31 Å². The fraction of sp³-hybridized carbons (Fsp3) is 0.238. The maximum absolute atomic E-state index is 13.1. The molecule has 0 saturated carbocycles. The van der Waals surface area contributed by atoms with Gasteiger partial charge >= 0.3 is 6.18 Å². The Balaban J connectivity index is 2.04. The molecule has 1 fully saturated rings. The molecule has 146 valence electrons. The fourth-order valence-electron chi connectivity index (χ4n) is 3.37. The van der Waals surface area contributed by atoms with Gasteiger partial charge in [-0.2, -0.15) is 13.2 Å². The van der Waals surface area contributed by atoms with Gasteiger partial charge in [0.1, 0.15) is 0 Å². The SMILES string of the molecule is C#CC1(c2cccc(C(F)(F)F)c2)CCN(S(=O)(=O)c2ccc(C)cc2)C1=C. The molecule has 0 amide bonds. The van der Waals surface area contributed by atoms with E-state index in [-0.39, 0.29) is 29.1 Å². The van der Waals surface area contributed by atoms with Gasteiger partial charge in [-0.1, -0.05) is 42.3 Å². The highest BCUT2D eigenvalue weighted by molar-refractivity contribution is 7.89. The van der Waals surface area contributed by atoms with Gasteiger partial charge in [-0.05, 0) is 43.2 Å². The second-order valence-corrected chi connectivity index (χ2v) is 8.58. The number of alkyl halides is 3. The topological polar surface area (TPSA) is 37.4 Å². The van der Waals surface area contributed by atoms with E-state index in [1.165, 1.54) is 24.3 Å². The van der Waals surface area contributed by atoms with Crippen LogP contribution in [-0.4, -0.2) is 19.3 Å². The molecule has 0 aromatic heterocycles. The van der Waals surface area contributed by atoms with Crippen LogP contribution in [-0.2, 0) is 21.6 Å². The van der Waals surface area contributed by atoms with Crippen molar-refractivity contribution in [3.63, 3.8) is 0 Å². The summed E-state index contributed by atoms with van der Waals surface area (Å²) in [5, 5.41) is 0. The molecular weight excluding hydrogens is 387 g/mol. The Hall–Kier alpha value is -2.72. The highest BCUT2D eigenvalue weighted by Gasteiger charge is 2.47. The van der Waals surface area contributed by atoms with Crippen molar-refractivity contribution in [2.45, 2.75) is 29.8 Å². The molecule has 2 aromatic carbocycles. The second kappa shape index (κ2) is 6.71. The zero-order valence-electron chi connectivity index (χ0n) is 15.1. The van der Waals surface area contributed by atoms with E-state index in [1.807, 2.05) is 6.92 Å². The Morgan fingerprint density at radius 1 is 1.18 bits per heavy atom. The minimum absolute atomic E-state index is 0.0372.